The van der Waals surface area contributed by atoms with Crippen LogP contribution in [0.5, 0.6) is 0 Å². The van der Waals surface area contributed by atoms with Crippen molar-refractivity contribution in [1.29, 1.82) is 0 Å². The highest BCUT2D eigenvalue weighted by Gasteiger charge is 2.24. The Balaban J connectivity index is 2.37. The largest absolute Gasteiger partial charge is 0.355 e. The number of carbonyl (C=O) groups excluding carboxylic acids is 1. The summed E-state index contributed by atoms with van der Waals surface area (Å²) in [5.74, 6) is 0.689. The first-order chi connectivity index (χ1) is 11.3. The second-order valence-corrected chi connectivity index (χ2v) is 7.62. The summed E-state index contributed by atoms with van der Waals surface area (Å²) in [7, 11) is 1.64. The molecule has 0 spiro atoms. The third-order valence-corrected chi connectivity index (χ3v) is 4.42. The van der Waals surface area contributed by atoms with E-state index < -0.39 is 0 Å². The highest BCUT2D eigenvalue weighted by atomic mass is 79.9. The summed E-state index contributed by atoms with van der Waals surface area (Å²) in [6.45, 7) is 6.42. The second kappa shape index (κ2) is 6.06. The third-order valence-electron chi connectivity index (χ3n) is 3.93. The van der Waals surface area contributed by atoms with Gasteiger partial charge in [0.05, 0.1) is 16.6 Å². The van der Waals surface area contributed by atoms with Crippen LogP contribution in [-0.2, 0) is 5.54 Å². The van der Waals surface area contributed by atoms with Gasteiger partial charge in [-0.15, -0.1) is 0 Å². The van der Waals surface area contributed by atoms with Crippen LogP contribution < -0.4 is 5.32 Å². The number of amides is 1. The van der Waals surface area contributed by atoms with E-state index in [0.29, 0.717) is 5.56 Å². The van der Waals surface area contributed by atoms with Gasteiger partial charge >= 0.3 is 0 Å². The number of rotatable bonds is 2. The molecular weight excluding hydrogens is 366 g/mol. The summed E-state index contributed by atoms with van der Waals surface area (Å²) < 4.78 is 3.18. The molecule has 0 aliphatic rings. The molecule has 5 heteroatoms. The van der Waals surface area contributed by atoms with Crippen molar-refractivity contribution in [2.24, 2.45) is 0 Å². The van der Waals surface area contributed by atoms with E-state index in [1.807, 2.05) is 36.4 Å². The lowest BCUT2D eigenvalue weighted by atomic mass is 10.0. The minimum Gasteiger partial charge on any atom is -0.355 e. The van der Waals surface area contributed by atoms with Crippen LogP contribution in [0.15, 0.2) is 46.9 Å². The standard InChI is InChI=1S/C19H20BrN3O/c1-19(2,3)23-16-10-9-12(20)11-15(16)22-17(23)13-7-5-6-8-14(13)18(24)21-4/h5-11H,1-4H3,(H,21,24). The van der Waals surface area contributed by atoms with Gasteiger partial charge < -0.3 is 9.88 Å². The molecule has 3 rings (SSSR count). The van der Waals surface area contributed by atoms with Crippen LogP contribution in [0.1, 0.15) is 31.1 Å². The number of carbonyl (C=O) groups is 1. The zero-order valence-electron chi connectivity index (χ0n) is 14.2. The Labute approximate surface area is 150 Å². The van der Waals surface area contributed by atoms with Crippen molar-refractivity contribution < 1.29 is 4.79 Å². The van der Waals surface area contributed by atoms with Gasteiger partial charge in [-0.1, -0.05) is 34.1 Å². The normalized spacial score (nSPS) is 11.7. The van der Waals surface area contributed by atoms with E-state index in [1.165, 1.54) is 0 Å². The molecule has 1 heterocycles. The lowest BCUT2D eigenvalue weighted by molar-refractivity contribution is 0.0963. The van der Waals surface area contributed by atoms with Crippen LogP contribution in [0, 0.1) is 0 Å². The Kier molecular flexibility index (Phi) is 4.22. The maximum atomic E-state index is 12.3. The number of nitrogens with one attached hydrogen (secondary N) is 1. The van der Waals surface area contributed by atoms with E-state index in [-0.39, 0.29) is 11.4 Å². The summed E-state index contributed by atoms with van der Waals surface area (Å²) in [5, 5.41) is 2.71. The lowest BCUT2D eigenvalue weighted by Gasteiger charge is -2.25. The molecule has 1 aromatic heterocycles. The summed E-state index contributed by atoms with van der Waals surface area (Å²) >= 11 is 3.51. The fraction of sp³-hybridized carbons (Fsp3) is 0.263. The van der Waals surface area contributed by atoms with Crippen molar-refractivity contribution in [3.05, 3.63) is 52.5 Å². The molecule has 0 aliphatic heterocycles. The van der Waals surface area contributed by atoms with Gasteiger partial charge in [-0.2, -0.15) is 0 Å². The Morgan fingerprint density at radius 3 is 2.54 bits per heavy atom. The average molecular weight is 386 g/mol. The summed E-state index contributed by atoms with van der Waals surface area (Å²) in [4.78, 5) is 17.1. The van der Waals surface area contributed by atoms with Gasteiger partial charge in [-0.05, 0) is 45.0 Å². The fourth-order valence-electron chi connectivity index (χ4n) is 2.92. The van der Waals surface area contributed by atoms with Crippen LogP contribution in [0.4, 0.5) is 0 Å². The number of aromatic nitrogens is 2. The summed E-state index contributed by atoms with van der Waals surface area (Å²) in [5.41, 5.74) is 3.24. The number of fused-ring (bicyclic) bond motifs is 1. The number of nitrogens with zero attached hydrogens (tertiary/aromatic N) is 2. The first-order valence-corrected chi connectivity index (χ1v) is 8.62. The highest BCUT2D eigenvalue weighted by Crippen LogP contribution is 2.33. The van der Waals surface area contributed by atoms with Crippen LogP contribution in [0.3, 0.4) is 0 Å². The number of imidazole rings is 1. The number of benzene rings is 2. The second-order valence-electron chi connectivity index (χ2n) is 6.70. The summed E-state index contributed by atoms with van der Waals surface area (Å²) in [6.07, 6.45) is 0. The molecule has 124 valence electrons. The van der Waals surface area contributed by atoms with Gasteiger partial charge in [-0.25, -0.2) is 4.98 Å². The van der Waals surface area contributed by atoms with Gasteiger partial charge in [0.2, 0.25) is 0 Å². The lowest BCUT2D eigenvalue weighted by Crippen LogP contribution is -2.24. The Hall–Kier alpha value is -2.14. The molecule has 2 aromatic carbocycles. The maximum Gasteiger partial charge on any atom is 0.251 e. The van der Waals surface area contributed by atoms with Crippen LogP contribution in [0.2, 0.25) is 0 Å². The smallest absolute Gasteiger partial charge is 0.251 e. The molecule has 0 bridgehead atoms. The fourth-order valence-corrected chi connectivity index (χ4v) is 3.27. The molecule has 1 N–H and O–H groups in total. The predicted molar refractivity (Wildman–Crippen MR) is 101 cm³/mol. The molecule has 0 atom stereocenters. The van der Waals surface area contributed by atoms with Crippen LogP contribution in [-0.4, -0.2) is 22.5 Å². The quantitative estimate of drug-likeness (QED) is 0.701. The molecule has 0 saturated heterocycles. The predicted octanol–water partition coefficient (Wildman–Crippen LogP) is 4.58. The Morgan fingerprint density at radius 1 is 1.17 bits per heavy atom. The molecule has 0 fully saturated rings. The minimum atomic E-state index is -0.173. The van der Waals surface area contributed by atoms with Crippen molar-refractivity contribution in [2.45, 2.75) is 26.3 Å². The maximum absolute atomic E-state index is 12.3. The molecule has 0 aliphatic carbocycles. The average Bonchev–Trinajstić information content (AvgIpc) is 2.92. The van der Waals surface area contributed by atoms with Crippen molar-refractivity contribution in [1.82, 2.24) is 14.9 Å². The highest BCUT2D eigenvalue weighted by molar-refractivity contribution is 9.10. The van der Waals surface area contributed by atoms with Gasteiger partial charge in [0.1, 0.15) is 5.82 Å². The molecule has 0 saturated carbocycles. The summed E-state index contributed by atoms with van der Waals surface area (Å²) in [6, 6.07) is 13.7. The van der Waals surface area contributed by atoms with Gasteiger partial charge in [0.15, 0.2) is 0 Å². The monoisotopic (exact) mass is 385 g/mol. The molecule has 4 nitrogen and oxygen atoms in total. The van der Waals surface area contributed by atoms with E-state index >= 15 is 0 Å². The van der Waals surface area contributed by atoms with Crippen molar-refractivity contribution >= 4 is 32.9 Å². The molecular formula is C19H20BrN3O. The molecule has 0 radical (unpaired) electrons. The van der Waals surface area contributed by atoms with Crippen molar-refractivity contribution in [3.63, 3.8) is 0 Å². The van der Waals surface area contributed by atoms with E-state index in [9.17, 15) is 4.79 Å². The SMILES string of the molecule is CNC(=O)c1ccccc1-c1nc2cc(Br)ccc2n1C(C)(C)C. The number of hydrogen-bond acceptors (Lipinski definition) is 2. The third kappa shape index (κ3) is 2.84. The Bertz CT molecular complexity index is 922. The Morgan fingerprint density at radius 2 is 1.88 bits per heavy atom. The first kappa shape index (κ1) is 16.7. The van der Waals surface area contributed by atoms with Gasteiger partial charge in [0.25, 0.3) is 5.91 Å². The zero-order chi connectivity index (χ0) is 17.5. The van der Waals surface area contributed by atoms with Crippen molar-refractivity contribution in [3.8, 4) is 11.4 Å². The zero-order valence-corrected chi connectivity index (χ0v) is 15.8. The molecule has 1 amide bonds. The first-order valence-electron chi connectivity index (χ1n) is 7.83. The molecule has 3 aromatic rings. The number of hydrogen-bond donors (Lipinski definition) is 1. The van der Waals surface area contributed by atoms with E-state index in [4.69, 9.17) is 4.98 Å². The van der Waals surface area contributed by atoms with E-state index in [2.05, 4.69) is 52.7 Å². The van der Waals surface area contributed by atoms with E-state index in [0.717, 1.165) is 26.9 Å². The van der Waals surface area contributed by atoms with Crippen LogP contribution >= 0.6 is 15.9 Å². The van der Waals surface area contributed by atoms with Crippen LogP contribution in [0.25, 0.3) is 22.4 Å². The topological polar surface area (TPSA) is 46.9 Å². The van der Waals surface area contributed by atoms with Gasteiger partial charge in [0, 0.05) is 22.6 Å². The van der Waals surface area contributed by atoms with Gasteiger partial charge in [-0.3, -0.25) is 4.79 Å². The number of halogens is 1. The molecule has 24 heavy (non-hydrogen) atoms. The van der Waals surface area contributed by atoms with Crippen molar-refractivity contribution in [2.75, 3.05) is 7.05 Å². The molecule has 0 unspecified atom stereocenters. The minimum absolute atomic E-state index is 0.112. The van der Waals surface area contributed by atoms with E-state index in [1.54, 1.807) is 7.05 Å².